The molecule has 1 aromatic heterocycles. The number of carbonyl (C=O) groups is 1. The van der Waals surface area contributed by atoms with Crippen molar-refractivity contribution < 1.29 is 4.79 Å². The third-order valence-corrected chi connectivity index (χ3v) is 5.54. The smallest absolute Gasteiger partial charge is 0.227 e. The number of fused-ring (bicyclic) bond motifs is 1. The Morgan fingerprint density at radius 2 is 2.04 bits per heavy atom. The molecule has 1 atom stereocenters. The van der Waals surface area contributed by atoms with Crippen molar-refractivity contribution >= 4 is 34.2 Å². The lowest BCUT2D eigenvalue weighted by Crippen LogP contribution is -2.25. The summed E-state index contributed by atoms with van der Waals surface area (Å²) in [5.74, 6) is 1.11. The third kappa shape index (κ3) is 3.15. The number of benzene rings is 2. The normalized spacial score (nSPS) is 17.1. The van der Waals surface area contributed by atoms with Crippen LogP contribution in [-0.4, -0.2) is 22.0 Å². The summed E-state index contributed by atoms with van der Waals surface area (Å²) in [7, 11) is 0. The van der Waals surface area contributed by atoms with Gasteiger partial charge in [0.15, 0.2) is 0 Å². The standard InChI is InChI=1S/C22H22ClN3O/c1-14(2)12-26-20-9-5-4-8-18(20)24-22(26)16-11-21(27)25(13-16)19-10-6-7-17(23)15(19)3/h4-10,16H,1,11-13H2,2-3H3/t16-/m1/s1. The minimum Gasteiger partial charge on any atom is -0.324 e. The molecule has 1 amide bonds. The highest BCUT2D eigenvalue weighted by Crippen LogP contribution is 2.36. The summed E-state index contributed by atoms with van der Waals surface area (Å²) in [5.41, 5.74) is 4.92. The van der Waals surface area contributed by atoms with Crippen molar-refractivity contribution in [2.45, 2.75) is 32.7 Å². The molecule has 1 fully saturated rings. The van der Waals surface area contributed by atoms with Crippen molar-refractivity contribution in [2.24, 2.45) is 0 Å². The lowest BCUT2D eigenvalue weighted by Gasteiger charge is -2.20. The van der Waals surface area contributed by atoms with Gasteiger partial charge in [-0.3, -0.25) is 4.79 Å². The Morgan fingerprint density at radius 3 is 2.81 bits per heavy atom. The number of carbonyl (C=O) groups excluding carboxylic acids is 1. The maximum atomic E-state index is 12.8. The molecule has 0 bridgehead atoms. The third-order valence-electron chi connectivity index (χ3n) is 5.13. The first-order valence-corrected chi connectivity index (χ1v) is 9.48. The largest absolute Gasteiger partial charge is 0.324 e. The Balaban J connectivity index is 1.74. The number of allylic oxidation sites excluding steroid dienone is 1. The van der Waals surface area contributed by atoms with Gasteiger partial charge in [-0.1, -0.05) is 42.0 Å². The van der Waals surface area contributed by atoms with Crippen molar-refractivity contribution in [3.05, 3.63) is 71.0 Å². The summed E-state index contributed by atoms with van der Waals surface area (Å²) in [6, 6.07) is 13.8. The van der Waals surface area contributed by atoms with E-state index >= 15 is 0 Å². The zero-order valence-corrected chi connectivity index (χ0v) is 16.3. The Hall–Kier alpha value is -2.59. The van der Waals surface area contributed by atoms with Gasteiger partial charge in [0, 0.05) is 36.1 Å². The van der Waals surface area contributed by atoms with Crippen LogP contribution in [0.5, 0.6) is 0 Å². The zero-order valence-electron chi connectivity index (χ0n) is 15.6. The molecule has 4 rings (SSSR count). The van der Waals surface area contributed by atoms with Crippen LogP contribution < -0.4 is 4.90 Å². The number of nitrogens with zero attached hydrogens (tertiary/aromatic N) is 3. The predicted molar refractivity (Wildman–Crippen MR) is 110 cm³/mol. The maximum absolute atomic E-state index is 12.8. The first kappa shape index (κ1) is 17.8. The molecule has 0 spiro atoms. The summed E-state index contributed by atoms with van der Waals surface area (Å²) in [4.78, 5) is 19.5. The molecule has 138 valence electrons. The lowest BCUT2D eigenvalue weighted by atomic mass is 10.1. The number of rotatable bonds is 4. The van der Waals surface area contributed by atoms with Crippen LogP contribution in [0.2, 0.25) is 5.02 Å². The van der Waals surface area contributed by atoms with E-state index in [9.17, 15) is 4.79 Å². The molecule has 0 unspecified atom stereocenters. The van der Waals surface area contributed by atoms with Crippen molar-refractivity contribution in [1.82, 2.24) is 9.55 Å². The van der Waals surface area contributed by atoms with E-state index in [0.29, 0.717) is 24.5 Å². The van der Waals surface area contributed by atoms with E-state index in [2.05, 4.69) is 17.2 Å². The number of para-hydroxylation sites is 2. The monoisotopic (exact) mass is 379 g/mol. The van der Waals surface area contributed by atoms with Gasteiger partial charge in [-0.2, -0.15) is 0 Å². The van der Waals surface area contributed by atoms with Crippen LogP contribution in [0.15, 0.2) is 54.6 Å². The number of aromatic nitrogens is 2. The van der Waals surface area contributed by atoms with Gasteiger partial charge in [0.05, 0.1) is 11.0 Å². The van der Waals surface area contributed by atoms with Crippen LogP contribution in [0.4, 0.5) is 5.69 Å². The van der Waals surface area contributed by atoms with E-state index < -0.39 is 0 Å². The van der Waals surface area contributed by atoms with Gasteiger partial charge in [0.2, 0.25) is 5.91 Å². The van der Waals surface area contributed by atoms with Crippen LogP contribution in [0.3, 0.4) is 0 Å². The first-order chi connectivity index (χ1) is 13.0. The van der Waals surface area contributed by atoms with Gasteiger partial charge in [-0.05, 0) is 43.7 Å². The molecular weight excluding hydrogens is 358 g/mol. The fourth-order valence-electron chi connectivity index (χ4n) is 3.84. The van der Waals surface area contributed by atoms with Crippen molar-refractivity contribution in [3.63, 3.8) is 0 Å². The summed E-state index contributed by atoms with van der Waals surface area (Å²) >= 11 is 6.27. The lowest BCUT2D eigenvalue weighted by molar-refractivity contribution is -0.117. The average molecular weight is 380 g/mol. The van der Waals surface area contributed by atoms with Crippen LogP contribution in [0.1, 0.15) is 30.7 Å². The van der Waals surface area contributed by atoms with E-state index in [0.717, 1.165) is 33.7 Å². The second-order valence-electron chi connectivity index (χ2n) is 7.29. The molecule has 0 saturated carbocycles. The van der Waals surface area contributed by atoms with Gasteiger partial charge < -0.3 is 9.47 Å². The van der Waals surface area contributed by atoms with Crippen molar-refractivity contribution in [1.29, 1.82) is 0 Å². The molecule has 5 heteroatoms. The molecule has 2 heterocycles. The van der Waals surface area contributed by atoms with Gasteiger partial charge in [-0.25, -0.2) is 4.98 Å². The highest BCUT2D eigenvalue weighted by atomic mass is 35.5. The molecule has 2 aromatic carbocycles. The van der Waals surface area contributed by atoms with E-state index in [1.807, 2.05) is 55.1 Å². The fourth-order valence-corrected chi connectivity index (χ4v) is 4.01. The molecule has 0 N–H and O–H groups in total. The Kier molecular flexibility index (Phi) is 4.52. The highest BCUT2D eigenvalue weighted by molar-refractivity contribution is 6.31. The molecule has 0 aliphatic carbocycles. The summed E-state index contributed by atoms with van der Waals surface area (Å²) < 4.78 is 2.20. The predicted octanol–water partition coefficient (Wildman–Crippen LogP) is 5.09. The molecule has 0 radical (unpaired) electrons. The van der Waals surface area contributed by atoms with Crippen LogP contribution in [-0.2, 0) is 11.3 Å². The topological polar surface area (TPSA) is 38.1 Å². The van der Waals surface area contributed by atoms with E-state index in [1.165, 1.54) is 0 Å². The molecule has 4 nitrogen and oxygen atoms in total. The van der Waals surface area contributed by atoms with Crippen molar-refractivity contribution in [2.75, 3.05) is 11.4 Å². The Bertz CT molecular complexity index is 1050. The first-order valence-electron chi connectivity index (χ1n) is 9.10. The highest BCUT2D eigenvalue weighted by Gasteiger charge is 2.35. The second-order valence-corrected chi connectivity index (χ2v) is 7.70. The van der Waals surface area contributed by atoms with Crippen LogP contribution >= 0.6 is 11.6 Å². The zero-order chi connectivity index (χ0) is 19.1. The summed E-state index contributed by atoms with van der Waals surface area (Å²) in [5, 5.41) is 0.679. The number of amides is 1. The number of hydrogen-bond acceptors (Lipinski definition) is 2. The minimum atomic E-state index is 0.0441. The minimum absolute atomic E-state index is 0.0441. The molecule has 1 aliphatic heterocycles. The van der Waals surface area contributed by atoms with Crippen LogP contribution in [0.25, 0.3) is 11.0 Å². The van der Waals surface area contributed by atoms with Gasteiger partial charge >= 0.3 is 0 Å². The van der Waals surface area contributed by atoms with Gasteiger partial charge in [-0.15, -0.1) is 0 Å². The number of imidazole rings is 1. The molecule has 3 aromatic rings. The fraction of sp³-hybridized carbons (Fsp3) is 0.273. The van der Waals surface area contributed by atoms with Crippen molar-refractivity contribution in [3.8, 4) is 0 Å². The van der Waals surface area contributed by atoms with E-state index in [4.69, 9.17) is 16.6 Å². The SMILES string of the molecule is C=C(C)Cn1c([C@@H]2CC(=O)N(c3cccc(Cl)c3C)C2)nc2ccccc21. The number of halogens is 1. The molecule has 1 saturated heterocycles. The number of hydrogen-bond donors (Lipinski definition) is 0. The Labute approximate surface area is 164 Å². The number of anilines is 1. The Morgan fingerprint density at radius 1 is 1.26 bits per heavy atom. The quantitative estimate of drug-likeness (QED) is 0.592. The average Bonchev–Trinajstić information content (AvgIpc) is 3.18. The maximum Gasteiger partial charge on any atom is 0.227 e. The molecular formula is C22H22ClN3O. The van der Waals surface area contributed by atoms with E-state index in [-0.39, 0.29) is 11.8 Å². The second kappa shape index (κ2) is 6.86. The summed E-state index contributed by atoms with van der Waals surface area (Å²) in [6.45, 7) is 9.35. The van der Waals surface area contributed by atoms with Gasteiger partial charge in [0.1, 0.15) is 5.82 Å². The molecule has 1 aliphatic rings. The molecule has 27 heavy (non-hydrogen) atoms. The van der Waals surface area contributed by atoms with Gasteiger partial charge in [0.25, 0.3) is 0 Å². The summed E-state index contributed by atoms with van der Waals surface area (Å²) in [6.07, 6.45) is 0.450. The van der Waals surface area contributed by atoms with Crippen LogP contribution in [0, 0.1) is 6.92 Å². The van der Waals surface area contributed by atoms with E-state index in [1.54, 1.807) is 0 Å².